The Morgan fingerprint density at radius 1 is 1.50 bits per heavy atom. The maximum Gasteiger partial charge on any atom is 0.240 e. The first kappa shape index (κ1) is 15.4. The zero-order chi connectivity index (χ0) is 13.8. The molecule has 106 valence electrons. The molecule has 0 aliphatic carbocycles. The van der Waals surface area contributed by atoms with Crippen LogP contribution in [0.2, 0.25) is 0 Å². The smallest absolute Gasteiger partial charge is 0.240 e. The van der Waals surface area contributed by atoms with Crippen molar-refractivity contribution in [2.75, 3.05) is 33.9 Å². The molecule has 4 nitrogen and oxygen atoms in total. The minimum absolute atomic E-state index is 0.0122. The maximum absolute atomic E-state index is 12.4. The number of hydrogen-bond acceptors (Lipinski definition) is 3. The SMILES string of the molecule is CCCN(C)CN1CC(C)(C)CCC(NC)C1=O. The van der Waals surface area contributed by atoms with Crippen molar-refractivity contribution in [1.82, 2.24) is 15.1 Å². The number of likely N-dealkylation sites (tertiary alicyclic amines) is 1. The van der Waals surface area contributed by atoms with E-state index in [1.165, 1.54) is 0 Å². The molecule has 0 spiro atoms. The molecule has 0 aromatic rings. The summed E-state index contributed by atoms with van der Waals surface area (Å²) >= 11 is 0. The Kier molecular flexibility index (Phi) is 5.60. The second-order valence-electron chi connectivity index (χ2n) is 6.30. The van der Waals surface area contributed by atoms with E-state index in [1.807, 2.05) is 11.9 Å². The van der Waals surface area contributed by atoms with Gasteiger partial charge in [0.1, 0.15) is 0 Å². The second kappa shape index (κ2) is 6.53. The molecule has 1 aliphatic rings. The van der Waals surface area contributed by atoms with Crippen LogP contribution in [0.3, 0.4) is 0 Å². The van der Waals surface area contributed by atoms with Crippen molar-refractivity contribution < 1.29 is 4.79 Å². The van der Waals surface area contributed by atoms with Crippen LogP contribution in [0.25, 0.3) is 0 Å². The lowest BCUT2D eigenvalue weighted by atomic mass is 9.87. The van der Waals surface area contributed by atoms with Gasteiger partial charge in [-0.3, -0.25) is 9.69 Å². The summed E-state index contributed by atoms with van der Waals surface area (Å²) in [5.74, 6) is 0.256. The number of carbonyl (C=O) groups is 1. The maximum atomic E-state index is 12.4. The van der Waals surface area contributed by atoms with Gasteiger partial charge in [0.25, 0.3) is 0 Å². The summed E-state index contributed by atoms with van der Waals surface area (Å²) in [5.41, 5.74) is 0.217. The van der Waals surface area contributed by atoms with Crippen LogP contribution in [-0.2, 0) is 4.79 Å². The normalized spacial score (nSPS) is 24.4. The number of rotatable bonds is 5. The zero-order valence-corrected chi connectivity index (χ0v) is 12.6. The molecule has 18 heavy (non-hydrogen) atoms. The molecule has 1 N–H and O–H groups in total. The van der Waals surface area contributed by atoms with Gasteiger partial charge in [-0.15, -0.1) is 0 Å². The van der Waals surface area contributed by atoms with Crippen LogP contribution < -0.4 is 5.32 Å². The van der Waals surface area contributed by atoms with E-state index in [0.717, 1.165) is 39.0 Å². The molecule has 1 atom stereocenters. The molecule has 0 aromatic heterocycles. The van der Waals surface area contributed by atoms with Crippen molar-refractivity contribution in [2.24, 2.45) is 5.41 Å². The predicted molar refractivity (Wildman–Crippen MR) is 75.4 cm³/mol. The van der Waals surface area contributed by atoms with Crippen molar-refractivity contribution >= 4 is 5.91 Å². The van der Waals surface area contributed by atoms with Crippen LogP contribution in [0, 0.1) is 5.41 Å². The van der Waals surface area contributed by atoms with Crippen LogP contribution in [0.15, 0.2) is 0 Å². The summed E-state index contributed by atoms with van der Waals surface area (Å²) in [6.07, 6.45) is 3.16. The largest absolute Gasteiger partial charge is 0.328 e. The Hall–Kier alpha value is -0.610. The van der Waals surface area contributed by atoms with Crippen LogP contribution >= 0.6 is 0 Å². The first-order valence-electron chi connectivity index (χ1n) is 7.04. The highest BCUT2D eigenvalue weighted by atomic mass is 16.2. The number of nitrogens with zero attached hydrogens (tertiary/aromatic N) is 2. The molecule has 4 heteroatoms. The van der Waals surface area contributed by atoms with Gasteiger partial charge in [-0.1, -0.05) is 20.8 Å². The van der Waals surface area contributed by atoms with E-state index in [9.17, 15) is 4.79 Å². The molecule has 1 heterocycles. The van der Waals surface area contributed by atoms with Crippen molar-refractivity contribution in [1.29, 1.82) is 0 Å². The minimum Gasteiger partial charge on any atom is -0.328 e. The Labute approximate surface area is 112 Å². The Balaban J connectivity index is 2.73. The van der Waals surface area contributed by atoms with E-state index in [1.54, 1.807) is 0 Å². The Morgan fingerprint density at radius 3 is 2.72 bits per heavy atom. The van der Waals surface area contributed by atoms with Gasteiger partial charge < -0.3 is 10.2 Å². The number of carbonyl (C=O) groups excluding carboxylic acids is 1. The fourth-order valence-corrected chi connectivity index (χ4v) is 2.68. The van der Waals surface area contributed by atoms with Gasteiger partial charge in [0.2, 0.25) is 5.91 Å². The van der Waals surface area contributed by atoms with Gasteiger partial charge in [-0.2, -0.15) is 0 Å². The lowest BCUT2D eigenvalue weighted by Crippen LogP contribution is -2.49. The lowest BCUT2D eigenvalue weighted by molar-refractivity contribution is -0.135. The molecule has 0 radical (unpaired) electrons. The van der Waals surface area contributed by atoms with Crippen molar-refractivity contribution in [3.63, 3.8) is 0 Å². The first-order chi connectivity index (χ1) is 8.39. The van der Waals surface area contributed by atoms with E-state index in [4.69, 9.17) is 0 Å². The highest BCUT2D eigenvalue weighted by Crippen LogP contribution is 2.28. The average Bonchev–Trinajstić information content (AvgIpc) is 2.37. The average molecular weight is 255 g/mol. The van der Waals surface area contributed by atoms with E-state index in [0.29, 0.717) is 0 Å². The molecule has 1 rings (SSSR count). The lowest BCUT2D eigenvalue weighted by Gasteiger charge is -2.33. The molecule has 1 fully saturated rings. The van der Waals surface area contributed by atoms with E-state index in [2.05, 4.69) is 38.0 Å². The van der Waals surface area contributed by atoms with Crippen LogP contribution in [0.1, 0.15) is 40.0 Å². The molecule has 0 bridgehead atoms. The number of likely N-dealkylation sites (N-methyl/N-ethyl adjacent to an activating group) is 1. The number of nitrogens with one attached hydrogen (secondary N) is 1. The summed E-state index contributed by atoms with van der Waals surface area (Å²) in [4.78, 5) is 16.7. The molecule has 0 saturated carbocycles. The number of amides is 1. The molecule has 1 aliphatic heterocycles. The summed E-state index contributed by atoms with van der Waals surface area (Å²) in [6, 6.07) is -0.0122. The topological polar surface area (TPSA) is 35.6 Å². The molecule has 0 aromatic carbocycles. The van der Waals surface area contributed by atoms with Crippen LogP contribution in [0.4, 0.5) is 0 Å². The molecular weight excluding hydrogens is 226 g/mol. The minimum atomic E-state index is -0.0122. The van der Waals surface area contributed by atoms with Gasteiger partial charge in [0.05, 0.1) is 12.7 Å². The Morgan fingerprint density at radius 2 is 2.17 bits per heavy atom. The molecule has 1 amide bonds. The highest BCUT2D eigenvalue weighted by Gasteiger charge is 2.34. The van der Waals surface area contributed by atoms with E-state index < -0.39 is 0 Å². The van der Waals surface area contributed by atoms with Crippen molar-refractivity contribution in [2.45, 2.75) is 46.1 Å². The third-order valence-electron chi connectivity index (χ3n) is 3.70. The summed E-state index contributed by atoms with van der Waals surface area (Å²) in [5, 5.41) is 3.16. The molecular formula is C14H29N3O. The Bertz CT molecular complexity index is 278. The van der Waals surface area contributed by atoms with Gasteiger partial charge >= 0.3 is 0 Å². The zero-order valence-electron chi connectivity index (χ0n) is 12.6. The predicted octanol–water partition coefficient (Wildman–Crippen LogP) is 1.52. The third kappa shape index (κ3) is 4.25. The quantitative estimate of drug-likeness (QED) is 0.809. The molecule has 1 unspecified atom stereocenters. The summed E-state index contributed by atoms with van der Waals surface area (Å²) in [7, 11) is 3.97. The third-order valence-corrected chi connectivity index (χ3v) is 3.70. The monoisotopic (exact) mass is 255 g/mol. The van der Waals surface area contributed by atoms with Gasteiger partial charge in [0, 0.05) is 6.54 Å². The second-order valence-corrected chi connectivity index (χ2v) is 6.30. The fraction of sp³-hybridized carbons (Fsp3) is 0.929. The first-order valence-corrected chi connectivity index (χ1v) is 7.04. The fourth-order valence-electron chi connectivity index (χ4n) is 2.68. The summed E-state index contributed by atoms with van der Waals surface area (Å²) < 4.78 is 0. The van der Waals surface area contributed by atoms with Gasteiger partial charge in [-0.25, -0.2) is 0 Å². The van der Waals surface area contributed by atoms with Gasteiger partial charge in [-0.05, 0) is 45.3 Å². The van der Waals surface area contributed by atoms with Crippen molar-refractivity contribution in [3.05, 3.63) is 0 Å². The van der Waals surface area contributed by atoms with E-state index in [-0.39, 0.29) is 17.4 Å². The standard InChI is InChI=1S/C14H29N3O/c1-6-9-16(5)11-17-10-14(2,3)8-7-12(15-4)13(17)18/h12,15H,6-11H2,1-5H3. The van der Waals surface area contributed by atoms with Crippen LogP contribution in [-0.4, -0.2) is 55.6 Å². The van der Waals surface area contributed by atoms with Gasteiger partial charge in [0.15, 0.2) is 0 Å². The van der Waals surface area contributed by atoms with Crippen molar-refractivity contribution in [3.8, 4) is 0 Å². The van der Waals surface area contributed by atoms with E-state index >= 15 is 0 Å². The van der Waals surface area contributed by atoms with Crippen LogP contribution in [0.5, 0.6) is 0 Å². The molecule has 1 saturated heterocycles. The highest BCUT2D eigenvalue weighted by molar-refractivity contribution is 5.82. The number of hydrogen-bond donors (Lipinski definition) is 1. The summed E-state index contributed by atoms with van der Waals surface area (Å²) in [6.45, 7) is 9.32.